The number of rotatable bonds is 6. The summed E-state index contributed by atoms with van der Waals surface area (Å²) in [5.74, 6) is 1.38. The molecule has 142 valence electrons. The normalized spacial score (nSPS) is 17.2. The molecule has 0 saturated heterocycles. The summed E-state index contributed by atoms with van der Waals surface area (Å²) in [6, 6.07) is 0.0763. The fourth-order valence-electron chi connectivity index (χ4n) is 3.23. The number of aryl methyl sites for hydroxylation is 3. The van der Waals surface area contributed by atoms with E-state index in [0.29, 0.717) is 31.8 Å². The Kier molecular flexibility index (Phi) is 5.90. The van der Waals surface area contributed by atoms with E-state index in [1.165, 1.54) is 0 Å². The first kappa shape index (κ1) is 18.8. The van der Waals surface area contributed by atoms with Gasteiger partial charge < -0.3 is 5.32 Å². The standard InChI is InChI=1S/C18H27N5O2S/c1-12(2)6-9-23-18(25)22-8-7-14(4-5-16(22)21-23)20-17(24)10-15-11-26-13(3)19-15/h11-12,14H,4-10H2,1-3H3,(H,20,24). The largest absolute Gasteiger partial charge is 0.353 e. The third-order valence-electron chi connectivity index (χ3n) is 4.71. The van der Waals surface area contributed by atoms with Crippen LogP contribution in [0.1, 0.15) is 49.6 Å². The average molecular weight is 378 g/mol. The van der Waals surface area contributed by atoms with Crippen molar-refractivity contribution in [3.63, 3.8) is 0 Å². The number of nitrogens with zero attached hydrogens (tertiary/aromatic N) is 4. The summed E-state index contributed by atoms with van der Waals surface area (Å²) in [5.41, 5.74) is 0.796. The SMILES string of the molecule is Cc1nc(CC(=O)NC2CCc3nn(CCC(C)C)c(=O)n3CC2)cs1. The van der Waals surface area contributed by atoms with E-state index in [2.05, 4.69) is 29.2 Å². The number of amides is 1. The van der Waals surface area contributed by atoms with E-state index in [0.717, 1.165) is 35.8 Å². The number of thiazole rings is 1. The Morgan fingerprint density at radius 2 is 2.23 bits per heavy atom. The molecule has 1 atom stereocenters. The van der Waals surface area contributed by atoms with Gasteiger partial charge in [0.25, 0.3) is 0 Å². The van der Waals surface area contributed by atoms with Gasteiger partial charge in [-0.25, -0.2) is 14.5 Å². The molecule has 0 saturated carbocycles. The highest BCUT2D eigenvalue weighted by atomic mass is 32.1. The molecule has 0 aliphatic carbocycles. The van der Waals surface area contributed by atoms with Gasteiger partial charge in [-0.05, 0) is 32.1 Å². The molecule has 1 N–H and O–H groups in total. The van der Waals surface area contributed by atoms with Crippen LogP contribution in [0.3, 0.4) is 0 Å². The zero-order valence-electron chi connectivity index (χ0n) is 15.7. The van der Waals surface area contributed by atoms with Crippen LogP contribution in [-0.4, -0.2) is 31.3 Å². The fraction of sp³-hybridized carbons (Fsp3) is 0.667. The van der Waals surface area contributed by atoms with E-state index in [1.807, 2.05) is 12.3 Å². The highest BCUT2D eigenvalue weighted by Crippen LogP contribution is 2.13. The summed E-state index contributed by atoms with van der Waals surface area (Å²) in [5, 5.41) is 10.5. The van der Waals surface area contributed by atoms with Crippen molar-refractivity contribution in [3.05, 3.63) is 32.4 Å². The maximum absolute atomic E-state index is 12.5. The minimum absolute atomic E-state index is 0.00538. The van der Waals surface area contributed by atoms with Gasteiger partial charge in [-0.1, -0.05) is 13.8 Å². The maximum atomic E-state index is 12.5. The van der Waals surface area contributed by atoms with Crippen molar-refractivity contribution in [2.24, 2.45) is 5.92 Å². The molecule has 0 radical (unpaired) electrons. The highest BCUT2D eigenvalue weighted by Gasteiger charge is 2.22. The third-order valence-corrected chi connectivity index (χ3v) is 5.53. The first-order valence-corrected chi connectivity index (χ1v) is 10.2. The minimum Gasteiger partial charge on any atom is -0.353 e. The van der Waals surface area contributed by atoms with Crippen LogP contribution in [0.15, 0.2) is 10.2 Å². The summed E-state index contributed by atoms with van der Waals surface area (Å²) in [6.07, 6.45) is 3.54. The Bertz CT molecular complexity index is 820. The molecule has 2 aromatic rings. The van der Waals surface area contributed by atoms with E-state index in [9.17, 15) is 9.59 Å². The van der Waals surface area contributed by atoms with Crippen LogP contribution in [0, 0.1) is 12.8 Å². The Hall–Kier alpha value is -1.96. The van der Waals surface area contributed by atoms with Gasteiger partial charge in [0.2, 0.25) is 5.91 Å². The van der Waals surface area contributed by atoms with Gasteiger partial charge in [0.1, 0.15) is 5.82 Å². The van der Waals surface area contributed by atoms with Crippen LogP contribution in [0.2, 0.25) is 0 Å². The summed E-state index contributed by atoms with van der Waals surface area (Å²) in [6.45, 7) is 7.51. The number of carbonyl (C=O) groups excluding carboxylic acids is 1. The molecular formula is C18H27N5O2S. The summed E-state index contributed by atoms with van der Waals surface area (Å²) in [4.78, 5) is 29.1. The van der Waals surface area contributed by atoms with E-state index in [-0.39, 0.29) is 17.6 Å². The van der Waals surface area contributed by atoms with Crippen molar-refractivity contribution in [3.8, 4) is 0 Å². The molecule has 2 aromatic heterocycles. The molecule has 1 aliphatic rings. The van der Waals surface area contributed by atoms with Crippen LogP contribution in [0.25, 0.3) is 0 Å². The number of fused-ring (bicyclic) bond motifs is 1. The molecule has 7 nitrogen and oxygen atoms in total. The first-order valence-electron chi connectivity index (χ1n) is 9.29. The van der Waals surface area contributed by atoms with Gasteiger partial charge in [-0.15, -0.1) is 11.3 Å². The van der Waals surface area contributed by atoms with Gasteiger partial charge >= 0.3 is 5.69 Å². The zero-order chi connectivity index (χ0) is 18.7. The van der Waals surface area contributed by atoms with E-state index < -0.39 is 0 Å². The fourth-order valence-corrected chi connectivity index (χ4v) is 3.84. The lowest BCUT2D eigenvalue weighted by atomic mass is 10.1. The Morgan fingerprint density at radius 1 is 1.42 bits per heavy atom. The molecule has 1 aliphatic heterocycles. The van der Waals surface area contributed by atoms with Crippen molar-refractivity contribution in [1.29, 1.82) is 0 Å². The van der Waals surface area contributed by atoms with Crippen molar-refractivity contribution in [2.45, 2.75) is 72.0 Å². The second kappa shape index (κ2) is 8.16. The van der Waals surface area contributed by atoms with Crippen LogP contribution < -0.4 is 11.0 Å². The molecule has 0 bridgehead atoms. The zero-order valence-corrected chi connectivity index (χ0v) is 16.5. The third kappa shape index (κ3) is 4.60. The van der Waals surface area contributed by atoms with Gasteiger partial charge in [0, 0.05) is 30.9 Å². The van der Waals surface area contributed by atoms with Crippen LogP contribution in [0.4, 0.5) is 0 Å². The maximum Gasteiger partial charge on any atom is 0.345 e. The van der Waals surface area contributed by atoms with Gasteiger partial charge in [-0.2, -0.15) is 5.10 Å². The summed E-state index contributed by atoms with van der Waals surface area (Å²) >= 11 is 1.56. The first-order chi connectivity index (χ1) is 12.4. The van der Waals surface area contributed by atoms with Crippen LogP contribution >= 0.6 is 11.3 Å². The van der Waals surface area contributed by atoms with Gasteiger partial charge in [0.15, 0.2) is 0 Å². The number of hydrogen-bond acceptors (Lipinski definition) is 5. The van der Waals surface area contributed by atoms with Crippen molar-refractivity contribution in [1.82, 2.24) is 24.6 Å². The molecule has 8 heteroatoms. The van der Waals surface area contributed by atoms with Crippen LogP contribution in [0.5, 0.6) is 0 Å². The molecule has 0 fully saturated rings. The molecule has 0 aromatic carbocycles. The number of aromatic nitrogens is 4. The highest BCUT2D eigenvalue weighted by molar-refractivity contribution is 7.09. The van der Waals surface area contributed by atoms with Crippen molar-refractivity contribution in [2.75, 3.05) is 0 Å². The van der Waals surface area contributed by atoms with Gasteiger partial charge in [0.05, 0.1) is 17.1 Å². The van der Waals surface area contributed by atoms with E-state index >= 15 is 0 Å². The minimum atomic E-state index is -0.0226. The summed E-state index contributed by atoms with van der Waals surface area (Å²) < 4.78 is 3.37. The lowest BCUT2D eigenvalue weighted by Gasteiger charge is -2.15. The predicted octanol–water partition coefficient (Wildman–Crippen LogP) is 1.92. The Morgan fingerprint density at radius 3 is 2.92 bits per heavy atom. The smallest absolute Gasteiger partial charge is 0.345 e. The van der Waals surface area contributed by atoms with Crippen molar-refractivity contribution >= 4 is 17.2 Å². The second-order valence-corrected chi connectivity index (χ2v) is 8.44. The monoisotopic (exact) mass is 377 g/mol. The van der Waals surface area contributed by atoms with E-state index in [4.69, 9.17) is 0 Å². The number of carbonyl (C=O) groups is 1. The Labute approximate surface area is 157 Å². The molecule has 1 unspecified atom stereocenters. The van der Waals surface area contributed by atoms with Crippen LogP contribution in [-0.2, 0) is 30.7 Å². The second-order valence-electron chi connectivity index (χ2n) is 7.38. The Balaban J connectivity index is 1.56. The topological polar surface area (TPSA) is 81.8 Å². The lowest BCUT2D eigenvalue weighted by Crippen LogP contribution is -2.36. The van der Waals surface area contributed by atoms with Gasteiger partial charge in [-0.3, -0.25) is 9.36 Å². The number of nitrogens with one attached hydrogen (secondary N) is 1. The lowest BCUT2D eigenvalue weighted by molar-refractivity contribution is -0.121. The average Bonchev–Trinajstić information content (AvgIpc) is 3.04. The predicted molar refractivity (Wildman–Crippen MR) is 101 cm³/mol. The summed E-state index contributed by atoms with van der Waals surface area (Å²) in [7, 11) is 0. The number of hydrogen-bond donors (Lipinski definition) is 1. The molecule has 1 amide bonds. The molecule has 3 heterocycles. The van der Waals surface area contributed by atoms with Crippen molar-refractivity contribution < 1.29 is 4.79 Å². The molecule has 0 spiro atoms. The molecule has 3 rings (SSSR count). The van der Waals surface area contributed by atoms with E-state index in [1.54, 1.807) is 20.6 Å². The quantitative estimate of drug-likeness (QED) is 0.834. The molecule has 26 heavy (non-hydrogen) atoms. The molecular weight excluding hydrogens is 350 g/mol.